The van der Waals surface area contributed by atoms with Crippen LogP contribution in [0.3, 0.4) is 0 Å². The summed E-state index contributed by atoms with van der Waals surface area (Å²) in [6.45, 7) is 5.14. The van der Waals surface area contributed by atoms with Gasteiger partial charge in [-0.3, -0.25) is 4.40 Å². The molecule has 0 aliphatic carbocycles. The van der Waals surface area contributed by atoms with Crippen LogP contribution in [0.1, 0.15) is 39.5 Å². The minimum absolute atomic E-state index is 0.205. The van der Waals surface area contributed by atoms with Crippen LogP contribution in [0.4, 0.5) is 5.82 Å². The Morgan fingerprint density at radius 1 is 1.29 bits per heavy atom. The number of hydrogen-bond acceptors (Lipinski definition) is 5. The summed E-state index contributed by atoms with van der Waals surface area (Å²) in [6, 6.07) is 0. The minimum atomic E-state index is -3.56. The molecule has 2 aromatic rings. The van der Waals surface area contributed by atoms with Gasteiger partial charge in [0.2, 0.25) is 0 Å². The van der Waals surface area contributed by atoms with E-state index < -0.39 is 10.0 Å². The van der Waals surface area contributed by atoms with Crippen LogP contribution >= 0.6 is 11.3 Å². The predicted octanol–water partition coefficient (Wildman–Crippen LogP) is 2.69. The molecule has 0 spiro atoms. The Labute approximate surface area is 129 Å². The lowest BCUT2D eigenvalue weighted by atomic mass is 10.2. The molecule has 118 valence electrons. The number of anilines is 1. The number of fused-ring (bicyclic) bond motifs is 1. The molecular weight excluding hydrogens is 308 g/mol. The Balaban J connectivity index is 2.18. The van der Waals surface area contributed by atoms with Gasteiger partial charge in [0.1, 0.15) is 0 Å². The highest BCUT2D eigenvalue weighted by molar-refractivity contribution is 7.89. The number of unbranched alkanes of at least 4 members (excludes halogenated alkanes) is 3. The molecule has 0 saturated heterocycles. The Hall–Kier alpha value is -1.12. The number of sulfonamides is 1. The third-order valence-electron chi connectivity index (χ3n) is 3.14. The average molecular weight is 330 g/mol. The van der Waals surface area contributed by atoms with E-state index in [2.05, 4.69) is 21.9 Å². The molecular formula is C13H22N4O2S2. The zero-order valence-electron chi connectivity index (χ0n) is 12.4. The first-order valence-electron chi connectivity index (χ1n) is 7.29. The van der Waals surface area contributed by atoms with Crippen LogP contribution in [0.25, 0.3) is 4.96 Å². The molecule has 2 rings (SSSR count). The Morgan fingerprint density at radius 2 is 2.10 bits per heavy atom. The van der Waals surface area contributed by atoms with Gasteiger partial charge in [-0.25, -0.2) is 18.1 Å². The second-order valence-electron chi connectivity index (χ2n) is 4.81. The molecule has 0 saturated carbocycles. The molecule has 6 nitrogen and oxygen atoms in total. The Bertz CT molecular complexity index is 675. The van der Waals surface area contributed by atoms with Crippen LogP contribution in [-0.4, -0.2) is 30.9 Å². The molecule has 0 bridgehead atoms. The van der Waals surface area contributed by atoms with Crippen LogP contribution in [0, 0.1) is 0 Å². The van der Waals surface area contributed by atoms with Gasteiger partial charge in [0, 0.05) is 24.7 Å². The number of rotatable bonds is 9. The highest BCUT2D eigenvalue weighted by atomic mass is 32.2. The molecule has 2 N–H and O–H groups in total. The van der Waals surface area contributed by atoms with Gasteiger partial charge >= 0.3 is 0 Å². The van der Waals surface area contributed by atoms with Crippen LogP contribution in [-0.2, 0) is 10.0 Å². The standard InChI is InChI=1S/C13H22N4O2S2/c1-3-5-6-7-8-15-21(18,19)12-11(14-4-2)16-13-17(12)9-10-20-13/h9-10,14-15H,3-8H2,1-2H3. The predicted molar refractivity (Wildman–Crippen MR) is 86.6 cm³/mol. The number of nitrogens with zero attached hydrogens (tertiary/aromatic N) is 2. The monoisotopic (exact) mass is 330 g/mol. The van der Waals surface area contributed by atoms with Crippen LogP contribution < -0.4 is 10.0 Å². The van der Waals surface area contributed by atoms with E-state index in [9.17, 15) is 8.42 Å². The summed E-state index contributed by atoms with van der Waals surface area (Å²) in [7, 11) is -3.56. The summed E-state index contributed by atoms with van der Waals surface area (Å²) in [5.41, 5.74) is 0. The van der Waals surface area contributed by atoms with Crippen molar-refractivity contribution in [3.05, 3.63) is 11.6 Å². The minimum Gasteiger partial charge on any atom is -0.368 e. The van der Waals surface area contributed by atoms with Gasteiger partial charge in [-0.2, -0.15) is 0 Å². The Kier molecular flexibility index (Phi) is 5.60. The summed E-state index contributed by atoms with van der Waals surface area (Å²) in [5.74, 6) is 0.422. The summed E-state index contributed by atoms with van der Waals surface area (Å²) in [5, 5.41) is 5.06. The average Bonchev–Trinajstić information content (AvgIpc) is 2.98. The first-order chi connectivity index (χ1) is 10.1. The van der Waals surface area contributed by atoms with E-state index in [1.165, 1.54) is 11.3 Å². The van der Waals surface area contributed by atoms with E-state index in [1.54, 1.807) is 10.6 Å². The lowest BCUT2D eigenvalue weighted by Gasteiger charge is -2.08. The molecule has 2 aromatic heterocycles. The Morgan fingerprint density at radius 3 is 2.81 bits per heavy atom. The largest absolute Gasteiger partial charge is 0.368 e. The third kappa shape index (κ3) is 3.75. The molecule has 8 heteroatoms. The van der Waals surface area contributed by atoms with Gasteiger partial charge in [0.05, 0.1) is 0 Å². The highest BCUT2D eigenvalue weighted by Gasteiger charge is 2.25. The summed E-state index contributed by atoms with van der Waals surface area (Å²) >= 11 is 1.42. The van der Waals surface area contributed by atoms with Crippen molar-refractivity contribution in [2.45, 2.75) is 44.6 Å². The molecule has 0 aromatic carbocycles. The van der Waals surface area contributed by atoms with E-state index in [-0.39, 0.29) is 5.03 Å². The first-order valence-corrected chi connectivity index (χ1v) is 9.65. The van der Waals surface area contributed by atoms with Crippen molar-refractivity contribution in [1.82, 2.24) is 14.1 Å². The zero-order chi connectivity index (χ0) is 15.3. The van der Waals surface area contributed by atoms with Crippen molar-refractivity contribution in [3.8, 4) is 0 Å². The smallest absolute Gasteiger partial charge is 0.260 e. The fraction of sp³-hybridized carbons (Fsp3) is 0.615. The maximum Gasteiger partial charge on any atom is 0.260 e. The van der Waals surface area contributed by atoms with Crippen molar-refractivity contribution in [2.75, 3.05) is 18.4 Å². The van der Waals surface area contributed by atoms with E-state index >= 15 is 0 Å². The van der Waals surface area contributed by atoms with E-state index in [0.29, 0.717) is 23.9 Å². The molecule has 0 amide bonds. The van der Waals surface area contributed by atoms with Crippen LogP contribution in [0.2, 0.25) is 0 Å². The fourth-order valence-electron chi connectivity index (χ4n) is 2.13. The zero-order valence-corrected chi connectivity index (χ0v) is 14.1. The SMILES string of the molecule is CCCCCCNS(=O)(=O)c1c(NCC)nc2sccn12. The van der Waals surface area contributed by atoms with E-state index in [1.807, 2.05) is 12.3 Å². The second kappa shape index (κ2) is 7.24. The lowest BCUT2D eigenvalue weighted by molar-refractivity contribution is 0.569. The highest BCUT2D eigenvalue weighted by Crippen LogP contribution is 2.25. The molecule has 0 aliphatic heterocycles. The summed E-state index contributed by atoms with van der Waals surface area (Å²) in [6.07, 6.45) is 5.90. The number of nitrogens with one attached hydrogen (secondary N) is 2. The van der Waals surface area contributed by atoms with Gasteiger partial charge in [0.25, 0.3) is 10.0 Å². The van der Waals surface area contributed by atoms with Crippen molar-refractivity contribution < 1.29 is 8.42 Å². The van der Waals surface area contributed by atoms with Crippen molar-refractivity contribution in [2.24, 2.45) is 0 Å². The maximum atomic E-state index is 12.5. The molecule has 0 atom stereocenters. The number of thiazole rings is 1. The second-order valence-corrected chi connectivity index (χ2v) is 7.37. The number of imidazole rings is 1. The van der Waals surface area contributed by atoms with Crippen molar-refractivity contribution in [1.29, 1.82) is 0 Å². The molecule has 0 radical (unpaired) electrons. The molecule has 0 fully saturated rings. The number of aromatic nitrogens is 2. The van der Waals surface area contributed by atoms with Gasteiger partial charge in [-0.1, -0.05) is 26.2 Å². The molecule has 21 heavy (non-hydrogen) atoms. The molecule has 0 unspecified atom stereocenters. The van der Waals surface area contributed by atoms with Crippen molar-refractivity contribution >= 4 is 32.1 Å². The van der Waals surface area contributed by atoms with E-state index in [0.717, 1.165) is 25.7 Å². The van der Waals surface area contributed by atoms with Gasteiger partial charge in [-0.15, -0.1) is 11.3 Å². The molecule has 2 heterocycles. The van der Waals surface area contributed by atoms with Crippen LogP contribution in [0.5, 0.6) is 0 Å². The van der Waals surface area contributed by atoms with Gasteiger partial charge in [-0.05, 0) is 13.3 Å². The van der Waals surface area contributed by atoms with Gasteiger partial charge in [0.15, 0.2) is 15.8 Å². The fourth-order valence-corrected chi connectivity index (χ4v) is 4.23. The normalized spacial score (nSPS) is 12.1. The van der Waals surface area contributed by atoms with E-state index in [4.69, 9.17) is 0 Å². The number of hydrogen-bond donors (Lipinski definition) is 2. The summed E-state index contributed by atoms with van der Waals surface area (Å²) < 4.78 is 29.4. The van der Waals surface area contributed by atoms with Gasteiger partial charge < -0.3 is 5.32 Å². The molecule has 0 aliphatic rings. The summed E-state index contributed by atoms with van der Waals surface area (Å²) in [4.78, 5) is 5.02. The topological polar surface area (TPSA) is 75.5 Å². The van der Waals surface area contributed by atoms with Crippen molar-refractivity contribution in [3.63, 3.8) is 0 Å². The first kappa shape index (κ1) is 16.3. The maximum absolute atomic E-state index is 12.5. The third-order valence-corrected chi connectivity index (χ3v) is 5.38. The van der Waals surface area contributed by atoms with Crippen LogP contribution in [0.15, 0.2) is 16.6 Å². The lowest BCUT2D eigenvalue weighted by Crippen LogP contribution is -2.26. The quantitative estimate of drug-likeness (QED) is 0.693.